The minimum absolute atomic E-state index is 0.0594. The molecule has 2 aliphatic heterocycles. The van der Waals surface area contributed by atoms with Crippen LogP contribution in [-0.4, -0.2) is 60.4 Å². The van der Waals surface area contributed by atoms with Crippen LogP contribution in [-0.2, 0) is 9.59 Å². The van der Waals surface area contributed by atoms with E-state index in [1.54, 1.807) is 0 Å². The molecule has 126 valence electrons. The van der Waals surface area contributed by atoms with Gasteiger partial charge in [-0.2, -0.15) is 0 Å². The van der Waals surface area contributed by atoms with Crippen molar-refractivity contribution < 1.29 is 9.59 Å². The number of rotatable bonds is 4. The molecule has 1 fully saturated rings. The molecule has 0 N–H and O–H groups in total. The van der Waals surface area contributed by atoms with Gasteiger partial charge >= 0.3 is 0 Å². The molecule has 5 nitrogen and oxygen atoms in total. The second kappa shape index (κ2) is 7.01. The van der Waals surface area contributed by atoms with E-state index in [-0.39, 0.29) is 11.8 Å². The van der Waals surface area contributed by atoms with Crippen LogP contribution in [0.15, 0.2) is 48.2 Å². The predicted octanol–water partition coefficient (Wildman–Crippen LogP) is 1.94. The number of carbonyl (C=O) groups excluding carboxylic acids is 2. The highest BCUT2D eigenvalue weighted by molar-refractivity contribution is 6.07. The summed E-state index contributed by atoms with van der Waals surface area (Å²) >= 11 is 0. The molecule has 0 atom stereocenters. The van der Waals surface area contributed by atoms with Crippen LogP contribution in [0.1, 0.15) is 18.4 Å². The first kappa shape index (κ1) is 16.5. The highest BCUT2D eigenvalue weighted by atomic mass is 16.2. The maximum Gasteiger partial charge on any atom is 0.258 e. The number of likely N-dealkylation sites (tertiary alicyclic amines) is 1. The third-order valence-corrected chi connectivity index (χ3v) is 4.19. The van der Waals surface area contributed by atoms with Crippen LogP contribution in [0.25, 0.3) is 5.57 Å². The molecule has 2 heterocycles. The average molecular weight is 325 g/mol. The molecule has 2 aliphatic rings. The normalized spacial score (nSPS) is 18.0. The van der Waals surface area contributed by atoms with E-state index in [1.165, 1.54) is 4.90 Å². The lowest BCUT2D eigenvalue weighted by atomic mass is 10.00. The summed E-state index contributed by atoms with van der Waals surface area (Å²) in [5, 5.41) is 0. The highest BCUT2D eigenvalue weighted by Gasteiger charge is 2.30. The summed E-state index contributed by atoms with van der Waals surface area (Å²) in [5.74, 6) is -0.210. The van der Waals surface area contributed by atoms with Crippen LogP contribution in [0.4, 0.5) is 0 Å². The standard InChI is InChI=1S/C19H23N3O2/c1-20(2)14-21-12-16(15-7-4-3-5-8-15)11-17(13-21)19(24)22-10-6-9-18(22)23/h3-5,7-8,11-12H,6,9-10,13-14H2,1-2H3. The molecule has 0 spiro atoms. The van der Waals surface area contributed by atoms with Gasteiger partial charge in [0, 0.05) is 31.3 Å². The Morgan fingerprint density at radius 2 is 1.96 bits per heavy atom. The van der Waals surface area contributed by atoms with Gasteiger partial charge in [-0.05, 0) is 37.7 Å². The quantitative estimate of drug-likeness (QED) is 0.794. The fourth-order valence-electron chi connectivity index (χ4n) is 3.14. The Labute approximate surface area is 142 Å². The van der Waals surface area contributed by atoms with E-state index in [1.807, 2.05) is 50.5 Å². The Hall–Kier alpha value is -2.40. The number of allylic oxidation sites excluding steroid dienone is 2. The van der Waals surface area contributed by atoms with E-state index in [0.717, 1.165) is 24.2 Å². The van der Waals surface area contributed by atoms with Gasteiger partial charge in [-0.1, -0.05) is 30.3 Å². The van der Waals surface area contributed by atoms with Gasteiger partial charge in [-0.15, -0.1) is 0 Å². The van der Waals surface area contributed by atoms with Gasteiger partial charge in [0.2, 0.25) is 5.91 Å². The summed E-state index contributed by atoms with van der Waals surface area (Å²) in [6, 6.07) is 10.0. The first-order valence-corrected chi connectivity index (χ1v) is 8.26. The van der Waals surface area contributed by atoms with Gasteiger partial charge in [-0.3, -0.25) is 19.4 Å². The third kappa shape index (κ3) is 3.57. The smallest absolute Gasteiger partial charge is 0.258 e. The molecule has 5 heteroatoms. The molecule has 24 heavy (non-hydrogen) atoms. The molecule has 0 radical (unpaired) electrons. The summed E-state index contributed by atoms with van der Waals surface area (Å²) in [4.78, 5) is 30.3. The number of amides is 2. The SMILES string of the molecule is CN(C)CN1C=C(c2ccccc2)C=C(C(=O)N2CCCC2=O)C1. The van der Waals surface area contributed by atoms with Gasteiger partial charge < -0.3 is 4.90 Å². The van der Waals surface area contributed by atoms with Gasteiger partial charge in [0.05, 0.1) is 6.67 Å². The Balaban J connectivity index is 1.90. The lowest BCUT2D eigenvalue weighted by Gasteiger charge is -2.30. The maximum absolute atomic E-state index is 12.8. The van der Waals surface area contributed by atoms with Gasteiger partial charge in [0.15, 0.2) is 0 Å². The van der Waals surface area contributed by atoms with Crippen LogP contribution >= 0.6 is 0 Å². The number of imide groups is 1. The van der Waals surface area contributed by atoms with Gasteiger partial charge in [0.1, 0.15) is 0 Å². The fourth-order valence-corrected chi connectivity index (χ4v) is 3.14. The van der Waals surface area contributed by atoms with E-state index in [4.69, 9.17) is 0 Å². The van der Waals surface area contributed by atoms with Crippen molar-refractivity contribution in [1.82, 2.24) is 14.7 Å². The molecule has 1 aromatic rings. The molecular weight excluding hydrogens is 302 g/mol. The van der Waals surface area contributed by atoms with Crippen molar-refractivity contribution in [2.75, 3.05) is 33.9 Å². The van der Waals surface area contributed by atoms with E-state index in [0.29, 0.717) is 25.1 Å². The Morgan fingerprint density at radius 1 is 1.21 bits per heavy atom. The topological polar surface area (TPSA) is 43.9 Å². The first-order valence-electron chi connectivity index (χ1n) is 8.26. The Bertz CT molecular complexity index is 692. The second-order valence-corrected chi connectivity index (χ2v) is 6.54. The van der Waals surface area contributed by atoms with Crippen LogP contribution in [0.2, 0.25) is 0 Å². The lowest BCUT2D eigenvalue weighted by Crippen LogP contribution is -2.39. The predicted molar refractivity (Wildman–Crippen MR) is 93.7 cm³/mol. The first-order chi connectivity index (χ1) is 11.5. The minimum Gasteiger partial charge on any atom is -0.360 e. The minimum atomic E-state index is -0.150. The molecular formula is C19H23N3O2. The summed E-state index contributed by atoms with van der Waals surface area (Å²) in [7, 11) is 4.00. The Morgan fingerprint density at radius 3 is 2.58 bits per heavy atom. The monoisotopic (exact) mass is 325 g/mol. The number of benzene rings is 1. The number of nitrogens with zero attached hydrogens (tertiary/aromatic N) is 3. The second-order valence-electron chi connectivity index (χ2n) is 6.54. The molecule has 0 unspecified atom stereocenters. The summed E-state index contributed by atoms with van der Waals surface area (Å²) in [5.41, 5.74) is 2.74. The van der Waals surface area contributed by atoms with Crippen molar-refractivity contribution in [3.8, 4) is 0 Å². The van der Waals surface area contributed by atoms with Crippen molar-refractivity contribution in [1.29, 1.82) is 0 Å². The summed E-state index contributed by atoms with van der Waals surface area (Å²) < 4.78 is 0. The van der Waals surface area contributed by atoms with Crippen LogP contribution in [0.5, 0.6) is 0 Å². The Kier molecular flexibility index (Phi) is 4.81. The molecule has 0 saturated carbocycles. The van der Waals surface area contributed by atoms with Crippen LogP contribution < -0.4 is 0 Å². The fraction of sp³-hybridized carbons (Fsp3) is 0.368. The third-order valence-electron chi connectivity index (χ3n) is 4.19. The van der Waals surface area contributed by atoms with Crippen LogP contribution in [0, 0.1) is 0 Å². The van der Waals surface area contributed by atoms with Crippen molar-refractivity contribution in [2.24, 2.45) is 0 Å². The van der Waals surface area contributed by atoms with Gasteiger partial charge in [0.25, 0.3) is 5.91 Å². The zero-order chi connectivity index (χ0) is 17.1. The largest absolute Gasteiger partial charge is 0.360 e. The molecule has 0 aliphatic carbocycles. The molecule has 3 rings (SSSR count). The number of hydrogen-bond acceptors (Lipinski definition) is 4. The van der Waals surface area contributed by atoms with E-state index in [9.17, 15) is 9.59 Å². The zero-order valence-electron chi connectivity index (χ0n) is 14.2. The molecule has 2 amide bonds. The number of hydrogen-bond donors (Lipinski definition) is 0. The van der Waals surface area contributed by atoms with E-state index >= 15 is 0 Å². The number of carbonyl (C=O) groups is 2. The average Bonchev–Trinajstić information content (AvgIpc) is 3.00. The molecule has 1 aromatic carbocycles. The summed E-state index contributed by atoms with van der Waals surface area (Å²) in [6.45, 7) is 1.78. The van der Waals surface area contributed by atoms with Crippen molar-refractivity contribution in [3.05, 3.63) is 53.7 Å². The molecule has 1 saturated heterocycles. The highest BCUT2D eigenvalue weighted by Crippen LogP contribution is 2.25. The van der Waals surface area contributed by atoms with Crippen LogP contribution in [0.3, 0.4) is 0 Å². The van der Waals surface area contributed by atoms with Crippen molar-refractivity contribution in [3.63, 3.8) is 0 Å². The summed E-state index contributed by atoms with van der Waals surface area (Å²) in [6.07, 6.45) is 5.25. The van der Waals surface area contributed by atoms with Gasteiger partial charge in [-0.25, -0.2) is 0 Å². The van der Waals surface area contributed by atoms with E-state index < -0.39 is 0 Å². The lowest BCUT2D eigenvalue weighted by molar-refractivity contribution is -0.139. The van der Waals surface area contributed by atoms with Crippen molar-refractivity contribution in [2.45, 2.75) is 12.8 Å². The maximum atomic E-state index is 12.8. The zero-order valence-corrected chi connectivity index (χ0v) is 14.2. The molecule has 0 aromatic heterocycles. The van der Waals surface area contributed by atoms with E-state index in [2.05, 4.69) is 16.0 Å². The molecule has 0 bridgehead atoms. The van der Waals surface area contributed by atoms with Crippen molar-refractivity contribution >= 4 is 17.4 Å².